The quantitative estimate of drug-likeness (QED) is 0.568. The van der Waals surface area contributed by atoms with Crippen molar-refractivity contribution in [2.45, 2.75) is 20.3 Å². The standard InChI is InChI=1S/C14H14O2/c1-4-6-11-10(3)13-9(2)7-5-8-12(13)16-14(11)15/h4-5,7-8H,1,6H2,2-3H3. The Morgan fingerprint density at radius 2 is 2.12 bits per heavy atom. The zero-order valence-electron chi connectivity index (χ0n) is 9.54. The number of hydrogen-bond acceptors (Lipinski definition) is 2. The summed E-state index contributed by atoms with van der Waals surface area (Å²) in [5.74, 6) is 0. The molecular weight excluding hydrogens is 200 g/mol. The summed E-state index contributed by atoms with van der Waals surface area (Å²) in [6.07, 6.45) is 2.28. The number of rotatable bonds is 2. The van der Waals surface area contributed by atoms with Crippen molar-refractivity contribution in [3.8, 4) is 0 Å². The van der Waals surface area contributed by atoms with E-state index in [1.165, 1.54) is 0 Å². The van der Waals surface area contributed by atoms with Gasteiger partial charge in [-0.05, 0) is 37.5 Å². The predicted molar refractivity (Wildman–Crippen MR) is 65.9 cm³/mol. The Kier molecular flexibility index (Phi) is 2.65. The van der Waals surface area contributed by atoms with E-state index in [2.05, 4.69) is 6.58 Å². The van der Waals surface area contributed by atoms with E-state index in [9.17, 15) is 4.79 Å². The van der Waals surface area contributed by atoms with Gasteiger partial charge in [-0.2, -0.15) is 0 Å². The van der Waals surface area contributed by atoms with Crippen molar-refractivity contribution in [3.63, 3.8) is 0 Å². The Morgan fingerprint density at radius 3 is 2.81 bits per heavy atom. The molecular formula is C14H14O2. The zero-order chi connectivity index (χ0) is 11.7. The molecule has 0 radical (unpaired) electrons. The third kappa shape index (κ3) is 1.56. The van der Waals surface area contributed by atoms with Gasteiger partial charge in [-0.15, -0.1) is 6.58 Å². The molecule has 1 aromatic heterocycles. The molecule has 1 aromatic carbocycles. The van der Waals surface area contributed by atoms with Gasteiger partial charge in [-0.3, -0.25) is 0 Å². The van der Waals surface area contributed by atoms with Gasteiger partial charge in [0.05, 0.1) is 0 Å². The summed E-state index contributed by atoms with van der Waals surface area (Å²) in [6.45, 7) is 7.64. The molecule has 0 N–H and O–H groups in total. The number of allylic oxidation sites excluding steroid dienone is 1. The SMILES string of the molecule is C=CCc1c(C)c2c(C)cccc2oc1=O. The van der Waals surface area contributed by atoms with Gasteiger partial charge in [0, 0.05) is 10.9 Å². The van der Waals surface area contributed by atoms with Crippen molar-refractivity contribution in [1.82, 2.24) is 0 Å². The van der Waals surface area contributed by atoms with Crippen molar-refractivity contribution in [2.75, 3.05) is 0 Å². The van der Waals surface area contributed by atoms with Crippen LogP contribution in [0, 0.1) is 13.8 Å². The average Bonchev–Trinajstić information content (AvgIpc) is 2.24. The van der Waals surface area contributed by atoms with Crippen LogP contribution in [-0.4, -0.2) is 0 Å². The lowest BCUT2D eigenvalue weighted by atomic mass is 10.0. The molecule has 0 spiro atoms. The summed E-state index contributed by atoms with van der Waals surface area (Å²) < 4.78 is 5.30. The Labute approximate surface area is 94.2 Å². The van der Waals surface area contributed by atoms with E-state index in [4.69, 9.17) is 4.42 Å². The maximum Gasteiger partial charge on any atom is 0.340 e. The lowest BCUT2D eigenvalue weighted by molar-refractivity contribution is 0.551. The van der Waals surface area contributed by atoms with E-state index in [1.54, 1.807) is 6.08 Å². The van der Waals surface area contributed by atoms with Crippen molar-refractivity contribution in [3.05, 3.63) is 58.0 Å². The van der Waals surface area contributed by atoms with E-state index in [1.807, 2.05) is 32.0 Å². The lowest BCUT2D eigenvalue weighted by Gasteiger charge is -2.07. The second-order valence-corrected chi connectivity index (χ2v) is 3.93. The normalized spacial score (nSPS) is 10.6. The van der Waals surface area contributed by atoms with Crippen LogP contribution in [0.1, 0.15) is 16.7 Å². The van der Waals surface area contributed by atoms with Crippen LogP contribution in [-0.2, 0) is 6.42 Å². The molecule has 0 aliphatic carbocycles. The summed E-state index contributed by atoms with van der Waals surface area (Å²) in [7, 11) is 0. The molecule has 0 unspecified atom stereocenters. The molecule has 0 aliphatic rings. The largest absolute Gasteiger partial charge is 0.422 e. The van der Waals surface area contributed by atoms with Gasteiger partial charge in [0.1, 0.15) is 5.58 Å². The van der Waals surface area contributed by atoms with Crippen LogP contribution >= 0.6 is 0 Å². The number of fused-ring (bicyclic) bond motifs is 1. The summed E-state index contributed by atoms with van der Waals surface area (Å²) in [5.41, 5.74) is 3.25. The first kappa shape index (κ1) is 10.7. The minimum atomic E-state index is -0.254. The van der Waals surface area contributed by atoms with E-state index in [-0.39, 0.29) is 5.63 Å². The smallest absolute Gasteiger partial charge is 0.340 e. The maximum absolute atomic E-state index is 11.7. The minimum absolute atomic E-state index is 0.254. The fraction of sp³-hybridized carbons (Fsp3) is 0.214. The Balaban J connectivity index is 2.90. The van der Waals surface area contributed by atoms with Gasteiger partial charge in [0.15, 0.2) is 0 Å². The molecule has 2 aromatic rings. The van der Waals surface area contributed by atoms with Crippen LogP contribution in [0.4, 0.5) is 0 Å². The fourth-order valence-electron chi connectivity index (χ4n) is 2.05. The molecule has 82 valence electrons. The van der Waals surface area contributed by atoms with Crippen molar-refractivity contribution in [1.29, 1.82) is 0 Å². The molecule has 0 saturated heterocycles. The van der Waals surface area contributed by atoms with Gasteiger partial charge in [0.2, 0.25) is 0 Å². The highest BCUT2D eigenvalue weighted by Crippen LogP contribution is 2.22. The van der Waals surface area contributed by atoms with Gasteiger partial charge >= 0.3 is 5.63 Å². The van der Waals surface area contributed by atoms with Gasteiger partial charge in [0.25, 0.3) is 0 Å². The topological polar surface area (TPSA) is 30.2 Å². The summed E-state index contributed by atoms with van der Waals surface area (Å²) >= 11 is 0. The molecule has 0 amide bonds. The molecule has 0 bridgehead atoms. The highest BCUT2D eigenvalue weighted by atomic mass is 16.4. The number of benzene rings is 1. The molecule has 16 heavy (non-hydrogen) atoms. The Bertz CT molecular complexity index is 606. The first-order valence-corrected chi connectivity index (χ1v) is 5.28. The second-order valence-electron chi connectivity index (χ2n) is 3.93. The molecule has 2 heteroatoms. The van der Waals surface area contributed by atoms with E-state index in [0.29, 0.717) is 17.6 Å². The molecule has 2 nitrogen and oxygen atoms in total. The van der Waals surface area contributed by atoms with Gasteiger partial charge in [-0.25, -0.2) is 4.79 Å². The third-order valence-electron chi connectivity index (χ3n) is 2.86. The van der Waals surface area contributed by atoms with Crippen molar-refractivity contribution in [2.24, 2.45) is 0 Å². The molecule has 0 saturated carbocycles. The number of hydrogen-bond donors (Lipinski definition) is 0. The molecule has 0 aliphatic heterocycles. The molecule has 0 fully saturated rings. The average molecular weight is 214 g/mol. The van der Waals surface area contributed by atoms with Crippen LogP contribution in [0.15, 0.2) is 40.1 Å². The van der Waals surface area contributed by atoms with E-state index >= 15 is 0 Å². The fourth-order valence-corrected chi connectivity index (χ4v) is 2.05. The van der Waals surface area contributed by atoms with Crippen LogP contribution in [0.25, 0.3) is 11.0 Å². The van der Waals surface area contributed by atoms with E-state index in [0.717, 1.165) is 16.5 Å². The highest BCUT2D eigenvalue weighted by molar-refractivity contribution is 5.84. The van der Waals surface area contributed by atoms with Crippen LogP contribution < -0.4 is 5.63 Å². The van der Waals surface area contributed by atoms with Crippen molar-refractivity contribution >= 4 is 11.0 Å². The van der Waals surface area contributed by atoms with E-state index < -0.39 is 0 Å². The summed E-state index contributed by atoms with van der Waals surface area (Å²) in [4.78, 5) is 11.7. The Morgan fingerprint density at radius 1 is 1.38 bits per heavy atom. The predicted octanol–water partition coefficient (Wildman–Crippen LogP) is 3.14. The van der Waals surface area contributed by atoms with Crippen LogP contribution in [0.2, 0.25) is 0 Å². The van der Waals surface area contributed by atoms with Gasteiger partial charge < -0.3 is 4.42 Å². The second kappa shape index (κ2) is 3.97. The molecule has 0 atom stereocenters. The van der Waals surface area contributed by atoms with Crippen LogP contribution in [0.5, 0.6) is 0 Å². The van der Waals surface area contributed by atoms with Crippen LogP contribution in [0.3, 0.4) is 0 Å². The lowest BCUT2D eigenvalue weighted by Crippen LogP contribution is -2.09. The first-order chi connectivity index (χ1) is 7.65. The highest BCUT2D eigenvalue weighted by Gasteiger charge is 2.10. The molecule has 2 rings (SSSR count). The summed E-state index contributed by atoms with van der Waals surface area (Å²) in [6, 6.07) is 5.74. The van der Waals surface area contributed by atoms with Gasteiger partial charge in [-0.1, -0.05) is 18.2 Å². The third-order valence-corrected chi connectivity index (χ3v) is 2.86. The Hall–Kier alpha value is -1.83. The zero-order valence-corrected chi connectivity index (χ0v) is 9.54. The first-order valence-electron chi connectivity index (χ1n) is 5.28. The van der Waals surface area contributed by atoms with Crippen molar-refractivity contribution < 1.29 is 4.42 Å². The number of aryl methyl sites for hydroxylation is 2. The minimum Gasteiger partial charge on any atom is -0.422 e. The summed E-state index contributed by atoms with van der Waals surface area (Å²) in [5, 5.41) is 1.04. The molecule has 1 heterocycles. The maximum atomic E-state index is 11.7. The monoisotopic (exact) mass is 214 g/mol.